The average Bonchev–Trinajstić information content (AvgIpc) is 3.28. The number of sulfone groups is 1. The molecule has 1 atom stereocenters. The fourth-order valence-corrected chi connectivity index (χ4v) is 5.58. The third-order valence-electron chi connectivity index (χ3n) is 4.42. The van der Waals surface area contributed by atoms with Crippen molar-refractivity contribution in [2.75, 3.05) is 20.8 Å². The molecule has 2 aromatic carbocycles. The Morgan fingerprint density at radius 2 is 1.55 bits per heavy atom. The monoisotopic (exact) mass is 431 g/mol. The molecule has 0 aliphatic heterocycles. The fourth-order valence-electron chi connectivity index (χ4n) is 2.80. The number of carbonyl (C=O) groups excluding carboxylic acids is 1. The first-order valence-electron chi connectivity index (χ1n) is 8.79. The highest BCUT2D eigenvalue weighted by atomic mass is 32.2. The van der Waals surface area contributed by atoms with Crippen molar-refractivity contribution in [3.05, 3.63) is 76.5 Å². The summed E-state index contributed by atoms with van der Waals surface area (Å²) in [6, 6.07) is 16.4. The molecule has 3 aromatic rings. The maximum absolute atomic E-state index is 13.3. The second-order valence-corrected chi connectivity index (χ2v) is 9.27. The van der Waals surface area contributed by atoms with Crippen molar-refractivity contribution in [3.63, 3.8) is 0 Å². The lowest BCUT2D eigenvalue weighted by atomic mass is 10.2. The third kappa shape index (κ3) is 4.78. The standard InChI is InChI=1S/C21H21NO5S2/c1-26-16-7-5-15(6-8-16)21(23)22-14-20(19-4-3-13-28-19)29(24,25)18-11-9-17(27-2)10-12-18/h3-13,20H,14H2,1-2H3,(H,22,23)/t20-/m1/s1. The molecular weight excluding hydrogens is 410 g/mol. The Labute approximate surface area is 174 Å². The van der Waals surface area contributed by atoms with Crippen LogP contribution in [-0.2, 0) is 9.84 Å². The van der Waals surface area contributed by atoms with Crippen LogP contribution in [0.15, 0.2) is 70.9 Å². The maximum atomic E-state index is 13.3. The normalized spacial score (nSPS) is 12.2. The summed E-state index contributed by atoms with van der Waals surface area (Å²) < 4.78 is 36.7. The Bertz CT molecular complexity index is 1040. The Hall–Kier alpha value is -2.84. The van der Waals surface area contributed by atoms with Gasteiger partial charge in [-0.3, -0.25) is 4.79 Å². The van der Waals surface area contributed by atoms with Crippen LogP contribution in [0.4, 0.5) is 0 Å². The van der Waals surface area contributed by atoms with Crippen molar-refractivity contribution in [3.8, 4) is 11.5 Å². The van der Waals surface area contributed by atoms with Crippen molar-refractivity contribution in [2.45, 2.75) is 10.1 Å². The van der Waals surface area contributed by atoms with Crippen LogP contribution in [0.3, 0.4) is 0 Å². The van der Waals surface area contributed by atoms with E-state index in [0.717, 1.165) is 0 Å². The number of amides is 1. The first kappa shape index (κ1) is 20.9. The van der Waals surface area contributed by atoms with Crippen molar-refractivity contribution in [1.82, 2.24) is 5.32 Å². The van der Waals surface area contributed by atoms with Crippen LogP contribution in [0.25, 0.3) is 0 Å². The van der Waals surface area contributed by atoms with Crippen LogP contribution >= 0.6 is 11.3 Å². The van der Waals surface area contributed by atoms with Crippen LogP contribution in [0.5, 0.6) is 11.5 Å². The van der Waals surface area contributed by atoms with E-state index in [-0.39, 0.29) is 17.3 Å². The minimum absolute atomic E-state index is 0.0419. The Morgan fingerprint density at radius 1 is 0.966 bits per heavy atom. The summed E-state index contributed by atoms with van der Waals surface area (Å²) in [5.74, 6) is 0.865. The van der Waals surface area contributed by atoms with Gasteiger partial charge in [-0.25, -0.2) is 8.42 Å². The molecule has 1 aromatic heterocycles. The lowest BCUT2D eigenvalue weighted by Gasteiger charge is -2.18. The van der Waals surface area contributed by atoms with Crippen LogP contribution in [0.1, 0.15) is 20.5 Å². The SMILES string of the molecule is COc1ccc(C(=O)NC[C@H](c2cccs2)S(=O)(=O)c2ccc(OC)cc2)cc1. The Balaban J connectivity index is 1.82. The van der Waals surface area contributed by atoms with Gasteiger partial charge in [-0.05, 0) is 60.0 Å². The third-order valence-corrected chi connectivity index (χ3v) is 7.66. The molecule has 8 heteroatoms. The summed E-state index contributed by atoms with van der Waals surface area (Å²) in [6.45, 7) is -0.0419. The van der Waals surface area contributed by atoms with Crippen molar-refractivity contribution >= 4 is 27.1 Å². The molecular formula is C21H21NO5S2. The van der Waals surface area contributed by atoms with Crippen LogP contribution in [0.2, 0.25) is 0 Å². The lowest BCUT2D eigenvalue weighted by Crippen LogP contribution is -2.31. The van der Waals surface area contributed by atoms with Crippen LogP contribution < -0.4 is 14.8 Å². The topological polar surface area (TPSA) is 81.7 Å². The molecule has 29 heavy (non-hydrogen) atoms. The van der Waals surface area contributed by atoms with E-state index in [1.54, 1.807) is 55.6 Å². The summed E-state index contributed by atoms with van der Waals surface area (Å²) in [6.07, 6.45) is 0. The molecule has 6 nitrogen and oxygen atoms in total. The van der Waals surface area contributed by atoms with E-state index in [0.29, 0.717) is 21.9 Å². The summed E-state index contributed by atoms with van der Waals surface area (Å²) in [5.41, 5.74) is 0.428. The molecule has 3 rings (SSSR count). The molecule has 0 saturated carbocycles. The highest BCUT2D eigenvalue weighted by Crippen LogP contribution is 2.32. The number of rotatable bonds is 8. The van der Waals surface area contributed by atoms with E-state index >= 15 is 0 Å². The van der Waals surface area contributed by atoms with E-state index < -0.39 is 15.1 Å². The number of hydrogen-bond acceptors (Lipinski definition) is 6. The van der Waals surface area contributed by atoms with E-state index in [1.807, 2.05) is 5.38 Å². The second-order valence-electron chi connectivity index (χ2n) is 6.16. The number of carbonyl (C=O) groups is 1. The number of nitrogens with one attached hydrogen (secondary N) is 1. The minimum atomic E-state index is -3.72. The highest BCUT2D eigenvalue weighted by molar-refractivity contribution is 7.91. The number of thiophene rings is 1. The molecule has 1 amide bonds. The molecule has 1 N–H and O–H groups in total. The van der Waals surface area contributed by atoms with Gasteiger partial charge in [-0.2, -0.15) is 0 Å². The van der Waals surface area contributed by atoms with Crippen molar-refractivity contribution in [1.29, 1.82) is 0 Å². The van der Waals surface area contributed by atoms with Gasteiger partial charge in [0.15, 0.2) is 9.84 Å². The van der Waals surface area contributed by atoms with Gasteiger partial charge in [-0.15, -0.1) is 11.3 Å². The van der Waals surface area contributed by atoms with E-state index in [9.17, 15) is 13.2 Å². The molecule has 0 spiro atoms. The summed E-state index contributed by atoms with van der Waals surface area (Å²) >= 11 is 1.34. The van der Waals surface area contributed by atoms with Gasteiger partial charge in [0, 0.05) is 17.0 Å². The van der Waals surface area contributed by atoms with E-state index in [1.165, 1.54) is 30.6 Å². The molecule has 0 aliphatic rings. The molecule has 0 unspecified atom stereocenters. The van der Waals surface area contributed by atoms with Gasteiger partial charge in [0.25, 0.3) is 5.91 Å². The summed E-state index contributed by atoms with van der Waals surface area (Å²) in [7, 11) is -0.651. The van der Waals surface area contributed by atoms with Gasteiger partial charge < -0.3 is 14.8 Å². The fraction of sp³-hybridized carbons (Fsp3) is 0.190. The molecule has 0 saturated heterocycles. The molecule has 1 heterocycles. The van der Waals surface area contributed by atoms with Gasteiger partial charge >= 0.3 is 0 Å². The number of methoxy groups -OCH3 is 2. The molecule has 0 aliphatic carbocycles. The molecule has 0 bridgehead atoms. The zero-order chi connectivity index (χ0) is 20.9. The Morgan fingerprint density at radius 3 is 2.07 bits per heavy atom. The molecule has 0 radical (unpaired) electrons. The molecule has 152 valence electrons. The van der Waals surface area contributed by atoms with Crippen molar-refractivity contribution < 1.29 is 22.7 Å². The lowest BCUT2D eigenvalue weighted by molar-refractivity contribution is 0.0953. The zero-order valence-electron chi connectivity index (χ0n) is 16.0. The first-order chi connectivity index (χ1) is 14.0. The van der Waals surface area contributed by atoms with Crippen molar-refractivity contribution in [2.24, 2.45) is 0 Å². The van der Waals surface area contributed by atoms with Gasteiger partial charge in [0.2, 0.25) is 0 Å². The smallest absolute Gasteiger partial charge is 0.251 e. The average molecular weight is 432 g/mol. The van der Waals surface area contributed by atoms with E-state index in [2.05, 4.69) is 5.32 Å². The summed E-state index contributed by atoms with van der Waals surface area (Å²) in [5, 5.41) is 3.67. The minimum Gasteiger partial charge on any atom is -0.497 e. The Kier molecular flexibility index (Phi) is 6.56. The predicted octanol–water partition coefficient (Wildman–Crippen LogP) is 3.71. The van der Waals surface area contributed by atoms with Gasteiger partial charge in [0.05, 0.1) is 19.1 Å². The number of benzene rings is 2. The highest BCUT2D eigenvalue weighted by Gasteiger charge is 2.30. The summed E-state index contributed by atoms with van der Waals surface area (Å²) in [4.78, 5) is 13.3. The molecule has 0 fully saturated rings. The first-order valence-corrected chi connectivity index (χ1v) is 11.2. The van der Waals surface area contributed by atoms with Gasteiger partial charge in [-0.1, -0.05) is 6.07 Å². The maximum Gasteiger partial charge on any atom is 0.251 e. The number of ether oxygens (including phenoxy) is 2. The quantitative estimate of drug-likeness (QED) is 0.588. The number of hydrogen-bond donors (Lipinski definition) is 1. The van der Waals surface area contributed by atoms with Gasteiger partial charge in [0.1, 0.15) is 16.7 Å². The van der Waals surface area contributed by atoms with Crippen LogP contribution in [-0.4, -0.2) is 35.1 Å². The largest absolute Gasteiger partial charge is 0.497 e. The second kappa shape index (κ2) is 9.11. The zero-order valence-corrected chi connectivity index (χ0v) is 17.6. The van der Waals surface area contributed by atoms with Crippen LogP contribution in [0, 0.1) is 0 Å². The van der Waals surface area contributed by atoms with E-state index in [4.69, 9.17) is 9.47 Å². The predicted molar refractivity (Wildman–Crippen MR) is 113 cm³/mol.